The third-order valence-electron chi connectivity index (χ3n) is 5.92. The van der Waals surface area contributed by atoms with Gasteiger partial charge in [-0.1, -0.05) is 37.3 Å². The number of pyridine rings is 2. The van der Waals surface area contributed by atoms with Gasteiger partial charge in [0.15, 0.2) is 0 Å². The van der Waals surface area contributed by atoms with Crippen LogP contribution in [0.15, 0.2) is 71.7 Å². The standard InChI is InChI=1S/C24H19N7O2/c1-14-12-31(24(32)23-30-29-22(33-23)17-8-4-5-9-25-17)21(20-19(14)27-13-28-20)18-10-15-6-2-3-7-16(15)11-26-18/h2-11,13-14,21H,12H2,1H3,(H,27,28)/t14-,21-/m0/s1. The Kier molecular flexibility index (Phi) is 4.46. The number of aromatic nitrogens is 6. The van der Waals surface area contributed by atoms with Gasteiger partial charge < -0.3 is 14.3 Å². The lowest BCUT2D eigenvalue weighted by molar-refractivity contribution is 0.0629. The van der Waals surface area contributed by atoms with Crippen LogP contribution in [0.2, 0.25) is 0 Å². The molecule has 6 rings (SSSR count). The Labute approximate surface area is 188 Å². The Morgan fingerprint density at radius 2 is 1.91 bits per heavy atom. The average Bonchev–Trinajstić information content (AvgIpc) is 3.55. The van der Waals surface area contributed by atoms with E-state index in [1.165, 1.54) is 0 Å². The molecule has 4 aromatic heterocycles. The van der Waals surface area contributed by atoms with E-state index < -0.39 is 6.04 Å². The number of nitrogens with one attached hydrogen (secondary N) is 1. The third-order valence-corrected chi connectivity index (χ3v) is 5.92. The van der Waals surface area contributed by atoms with Gasteiger partial charge >= 0.3 is 11.8 Å². The number of carbonyl (C=O) groups is 1. The Hall–Kier alpha value is -4.40. The van der Waals surface area contributed by atoms with Crippen LogP contribution < -0.4 is 0 Å². The molecule has 0 fully saturated rings. The molecule has 0 bridgehead atoms. The van der Waals surface area contributed by atoms with E-state index in [1.54, 1.807) is 29.6 Å². The first-order valence-electron chi connectivity index (χ1n) is 10.6. The molecule has 0 saturated heterocycles. The van der Waals surface area contributed by atoms with Gasteiger partial charge in [-0.25, -0.2) is 4.98 Å². The number of imidazole rings is 1. The Bertz CT molecular complexity index is 1460. The van der Waals surface area contributed by atoms with Crippen molar-refractivity contribution < 1.29 is 9.21 Å². The molecular formula is C24H19N7O2. The molecule has 162 valence electrons. The molecule has 1 N–H and O–H groups in total. The summed E-state index contributed by atoms with van der Waals surface area (Å²) in [6.45, 7) is 2.50. The lowest BCUT2D eigenvalue weighted by Gasteiger charge is -2.36. The maximum Gasteiger partial charge on any atom is 0.312 e. The number of aromatic amines is 1. The highest BCUT2D eigenvalue weighted by atomic mass is 16.4. The van der Waals surface area contributed by atoms with Gasteiger partial charge in [0.2, 0.25) is 0 Å². The highest BCUT2D eigenvalue weighted by Gasteiger charge is 2.40. The quantitative estimate of drug-likeness (QED) is 0.457. The van der Waals surface area contributed by atoms with Gasteiger partial charge in [-0.2, -0.15) is 0 Å². The van der Waals surface area contributed by atoms with E-state index in [4.69, 9.17) is 4.42 Å². The Morgan fingerprint density at radius 1 is 1.06 bits per heavy atom. The van der Waals surface area contributed by atoms with Crippen molar-refractivity contribution in [3.8, 4) is 11.6 Å². The second kappa shape index (κ2) is 7.63. The zero-order valence-corrected chi connectivity index (χ0v) is 17.7. The molecule has 0 aliphatic carbocycles. The smallest absolute Gasteiger partial charge is 0.312 e. The van der Waals surface area contributed by atoms with Crippen LogP contribution in [0.5, 0.6) is 0 Å². The fraction of sp³-hybridized carbons (Fsp3) is 0.167. The van der Waals surface area contributed by atoms with Gasteiger partial charge in [-0.3, -0.25) is 14.8 Å². The maximum atomic E-state index is 13.6. The molecule has 1 aromatic carbocycles. The van der Waals surface area contributed by atoms with Crippen LogP contribution in [-0.2, 0) is 0 Å². The topological polar surface area (TPSA) is 114 Å². The van der Waals surface area contributed by atoms with Crippen molar-refractivity contribution in [2.45, 2.75) is 18.9 Å². The second-order valence-electron chi connectivity index (χ2n) is 8.05. The lowest BCUT2D eigenvalue weighted by atomic mass is 9.92. The summed E-state index contributed by atoms with van der Waals surface area (Å²) < 4.78 is 5.72. The fourth-order valence-corrected chi connectivity index (χ4v) is 4.34. The molecule has 0 radical (unpaired) electrons. The average molecular weight is 437 g/mol. The van der Waals surface area contributed by atoms with Gasteiger partial charge in [0.25, 0.3) is 5.89 Å². The molecule has 2 atom stereocenters. The first-order chi connectivity index (χ1) is 16.2. The van der Waals surface area contributed by atoms with Crippen LogP contribution in [0, 0.1) is 0 Å². The van der Waals surface area contributed by atoms with Crippen LogP contribution in [-0.4, -0.2) is 47.5 Å². The highest BCUT2D eigenvalue weighted by Crippen LogP contribution is 2.38. The molecule has 1 amide bonds. The monoisotopic (exact) mass is 437 g/mol. The molecule has 5 aromatic rings. The minimum Gasteiger partial charge on any atom is -0.411 e. The summed E-state index contributed by atoms with van der Waals surface area (Å²) in [7, 11) is 0. The Morgan fingerprint density at radius 3 is 2.76 bits per heavy atom. The summed E-state index contributed by atoms with van der Waals surface area (Å²) in [6, 6.07) is 14.9. The van der Waals surface area contributed by atoms with Crippen LogP contribution in [0.4, 0.5) is 0 Å². The van der Waals surface area contributed by atoms with Crippen LogP contribution in [0.3, 0.4) is 0 Å². The van der Waals surface area contributed by atoms with Crippen molar-refractivity contribution in [1.82, 2.24) is 35.0 Å². The van der Waals surface area contributed by atoms with Crippen molar-refractivity contribution in [1.29, 1.82) is 0 Å². The number of carbonyl (C=O) groups excluding carboxylic acids is 1. The number of benzene rings is 1. The second-order valence-corrected chi connectivity index (χ2v) is 8.05. The van der Waals surface area contributed by atoms with Crippen molar-refractivity contribution in [3.05, 3.63) is 90.2 Å². The predicted octanol–water partition coefficient (Wildman–Crippen LogP) is 3.75. The highest BCUT2D eigenvalue weighted by molar-refractivity contribution is 5.91. The molecule has 0 saturated carbocycles. The first kappa shape index (κ1) is 19.3. The number of H-pyrrole nitrogens is 1. The number of amides is 1. The zero-order valence-electron chi connectivity index (χ0n) is 17.7. The van der Waals surface area contributed by atoms with Crippen LogP contribution >= 0.6 is 0 Å². The molecule has 1 aliphatic rings. The largest absolute Gasteiger partial charge is 0.411 e. The molecule has 0 unspecified atom stereocenters. The van der Waals surface area contributed by atoms with Crippen molar-refractivity contribution >= 4 is 16.7 Å². The van der Waals surface area contributed by atoms with E-state index in [0.29, 0.717) is 12.2 Å². The van der Waals surface area contributed by atoms with Crippen LogP contribution in [0.1, 0.15) is 46.7 Å². The van der Waals surface area contributed by atoms with Crippen molar-refractivity contribution in [2.75, 3.05) is 6.54 Å². The number of fused-ring (bicyclic) bond motifs is 2. The fourth-order valence-electron chi connectivity index (χ4n) is 4.34. The SMILES string of the molecule is C[C@H]1CN(C(=O)c2nnc(-c3ccccn3)o2)[C@@H](c2cc3ccccc3cn2)c2nc[nH]c21. The minimum atomic E-state index is -0.482. The van der Waals surface area contributed by atoms with Gasteiger partial charge in [0.05, 0.1) is 17.7 Å². The zero-order chi connectivity index (χ0) is 22.4. The number of hydrogen-bond acceptors (Lipinski definition) is 7. The van der Waals surface area contributed by atoms with E-state index >= 15 is 0 Å². The third kappa shape index (κ3) is 3.25. The summed E-state index contributed by atoms with van der Waals surface area (Å²) in [5.41, 5.74) is 3.01. The summed E-state index contributed by atoms with van der Waals surface area (Å²) >= 11 is 0. The van der Waals surface area contributed by atoms with E-state index in [0.717, 1.165) is 27.9 Å². The van der Waals surface area contributed by atoms with Gasteiger partial charge in [-0.05, 0) is 23.6 Å². The molecule has 0 spiro atoms. The molecule has 33 heavy (non-hydrogen) atoms. The van der Waals surface area contributed by atoms with Gasteiger partial charge in [-0.15, -0.1) is 10.2 Å². The van der Waals surface area contributed by atoms with Crippen molar-refractivity contribution in [3.63, 3.8) is 0 Å². The Balaban J connectivity index is 1.43. The first-order valence-corrected chi connectivity index (χ1v) is 10.6. The predicted molar refractivity (Wildman–Crippen MR) is 119 cm³/mol. The summed E-state index contributed by atoms with van der Waals surface area (Å²) in [4.78, 5) is 32.0. The van der Waals surface area contributed by atoms with E-state index in [2.05, 4.69) is 37.1 Å². The summed E-state index contributed by atoms with van der Waals surface area (Å²) in [6.07, 6.45) is 5.12. The molecular weight excluding hydrogens is 418 g/mol. The molecule has 9 nitrogen and oxygen atoms in total. The number of hydrogen-bond donors (Lipinski definition) is 1. The normalized spacial score (nSPS) is 17.8. The molecule has 1 aliphatic heterocycles. The van der Waals surface area contributed by atoms with E-state index in [-0.39, 0.29) is 23.6 Å². The number of nitrogens with zero attached hydrogens (tertiary/aromatic N) is 6. The van der Waals surface area contributed by atoms with Crippen LogP contribution in [0.25, 0.3) is 22.4 Å². The number of rotatable bonds is 3. The summed E-state index contributed by atoms with van der Waals surface area (Å²) in [5, 5.41) is 10.1. The molecule has 9 heteroatoms. The lowest BCUT2D eigenvalue weighted by Crippen LogP contribution is -2.42. The maximum absolute atomic E-state index is 13.6. The van der Waals surface area contributed by atoms with Crippen molar-refractivity contribution in [2.24, 2.45) is 0 Å². The van der Waals surface area contributed by atoms with E-state index in [9.17, 15) is 4.79 Å². The molecule has 5 heterocycles. The van der Waals surface area contributed by atoms with Gasteiger partial charge in [0, 0.05) is 35.9 Å². The van der Waals surface area contributed by atoms with Gasteiger partial charge in [0.1, 0.15) is 11.7 Å². The van der Waals surface area contributed by atoms with E-state index in [1.807, 2.05) is 42.6 Å². The minimum absolute atomic E-state index is 0.0568. The summed E-state index contributed by atoms with van der Waals surface area (Å²) in [5.74, 6) is -0.205.